The second-order valence-corrected chi connectivity index (χ2v) is 8.37. The number of urea groups is 1. The molecule has 2 aliphatic carbocycles. The number of nitrogens with zero attached hydrogens (tertiary/aromatic N) is 2. The number of hydrogen-bond donors (Lipinski definition) is 1. The Morgan fingerprint density at radius 3 is 2.57 bits per heavy atom. The third kappa shape index (κ3) is 2.59. The van der Waals surface area contributed by atoms with Gasteiger partial charge in [0.05, 0.1) is 6.20 Å². The number of anilines is 1. The summed E-state index contributed by atoms with van der Waals surface area (Å²) in [7, 11) is 0. The lowest BCUT2D eigenvalue weighted by atomic mass is 9.71. The number of aryl methyl sites for hydroxylation is 1. The van der Waals surface area contributed by atoms with Crippen molar-refractivity contribution in [2.45, 2.75) is 50.6 Å². The Morgan fingerprint density at radius 1 is 1.21 bits per heavy atom. The summed E-state index contributed by atoms with van der Waals surface area (Å²) >= 11 is 0. The van der Waals surface area contributed by atoms with Crippen molar-refractivity contribution >= 4 is 11.7 Å². The van der Waals surface area contributed by atoms with Crippen molar-refractivity contribution in [3.8, 4) is 11.1 Å². The minimum absolute atomic E-state index is 0.0363. The summed E-state index contributed by atoms with van der Waals surface area (Å²) in [4.78, 5) is 18.3. The Morgan fingerprint density at radius 2 is 1.93 bits per heavy atom. The number of alkyl halides is 2. The SMILES string of the molecule is Cc1ccc(NC(=O)N2[C@@H]3C[C@H]2CC2(C3)CC2(F)F)cc1-c1cncc(F)c1. The zero-order chi connectivity index (χ0) is 19.7. The van der Waals surface area contributed by atoms with Gasteiger partial charge in [-0.15, -0.1) is 0 Å². The van der Waals surface area contributed by atoms with Crippen molar-refractivity contribution in [2.75, 3.05) is 5.32 Å². The highest BCUT2D eigenvalue weighted by atomic mass is 19.3. The van der Waals surface area contributed by atoms with Gasteiger partial charge in [0.15, 0.2) is 0 Å². The van der Waals surface area contributed by atoms with E-state index in [9.17, 15) is 18.0 Å². The van der Waals surface area contributed by atoms with Crippen LogP contribution in [0, 0.1) is 18.2 Å². The molecule has 146 valence electrons. The van der Waals surface area contributed by atoms with E-state index in [1.165, 1.54) is 6.07 Å². The van der Waals surface area contributed by atoms with Gasteiger partial charge in [0, 0.05) is 41.4 Å². The molecule has 28 heavy (non-hydrogen) atoms. The number of carbonyl (C=O) groups is 1. The second kappa shape index (κ2) is 5.72. The molecule has 2 aromatic rings. The Kier molecular flexibility index (Phi) is 3.58. The number of piperidine rings is 1. The first kappa shape index (κ1) is 17.5. The van der Waals surface area contributed by atoms with Gasteiger partial charge in [-0.3, -0.25) is 4.98 Å². The summed E-state index contributed by atoms with van der Waals surface area (Å²) in [5.41, 5.74) is 2.08. The zero-order valence-corrected chi connectivity index (χ0v) is 15.4. The molecule has 2 saturated heterocycles. The van der Waals surface area contributed by atoms with Crippen LogP contribution in [0.25, 0.3) is 11.1 Å². The average molecular weight is 387 g/mol. The van der Waals surface area contributed by atoms with Gasteiger partial charge in [-0.1, -0.05) is 6.07 Å². The Hall–Kier alpha value is -2.57. The van der Waals surface area contributed by atoms with Crippen molar-refractivity contribution in [3.63, 3.8) is 0 Å². The third-order valence-electron chi connectivity index (χ3n) is 6.53. The summed E-state index contributed by atoms with van der Waals surface area (Å²) in [5.74, 6) is -2.98. The molecule has 4 nitrogen and oxygen atoms in total. The fourth-order valence-electron chi connectivity index (χ4n) is 4.96. The number of nitrogens with one attached hydrogen (secondary N) is 1. The molecule has 2 aliphatic heterocycles. The van der Waals surface area contributed by atoms with Crippen LogP contribution < -0.4 is 5.32 Å². The lowest BCUT2D eigenvalue weighted by Crippen LogP contribution is -2.64. The molecule has 6 rings (SSSR count). The molecular weight excluding hydrogens is 367 g/mol. The molecule has 2 saturated carbocycles. The van der Waals surface area contributed by atoms with E-state index in [2.05, 4.69) is 10.3 Å². The quantitative estimate of drug-likeness (QED) is 0.789. The summed E-state index contributed by atoms with van der Waals surface area (Å²) in [6, 6.07) is 6.36. The van der Waals surface area contributed by atoms with Crippen molar-refractivity contribution in [1.29, 1.82) is 0 Å². The molecule has 3 heterocycles. The van der Waals surface area contributed by atoms with Crippen molar-refractivity contribution in [3.05, 3.63) is 48.0 Å². The molecule has 1 N–H and O–H groups in total. The second-order valence-electron chi connectivity index (χ2n) is 8.37. The maximum absolute atomic E-state index is 13.7. The van der Waals surface area contributed by atoms with E-state index in [4.69, 9.17) is 0 Å². The van der Waals surface area contributed by atoms with Crippen LogP contribution in [0.4, 0.5) is 23.7 Å². The fraction of sp³-hybridized carbons (Fsp3) is 0.429. The number of halogens is 3. The van der Waals surface area contributed by atoms with E-state index in [1.807, 2.05) is 13.0 Å². The Bertz CT molecular complexity index is 965. The molecular formula is C21H20F3N3O. The number of hydrogen-bond acceptors (Lipinski definition) is 2. The molecule has 7 heteroatoms. The monoisotopic (exact) mass is 387 g/mol. The average Bonchev–Trinajstić information content (AvgIpc) is 3.13. The van der Waals surface area contributed by atoms with Gasteiger partial charge < -0.3 is 10.2 Å². The molecule has 3 atom stereocenters. The van der Waals surface area contributed by atoms with Crippen LogP contribution in [0.3, 0.4) is 0 Å². The van der Waals surface area contributed by atoms with Crippen molar-refractivity contribution < 1.29 is 18.0 Å². The molecule has 4 aliphatic rings. The van der Waals surface area contributed by atoms with Gasteiger partial charge in [-0.2, -0.15) is 0 Å². The van der Waals surface area contributed by atoms with Crippen molar-refractivity contribution in [1.82, 2.24) is 9.88 Å². The van der Waals surface area contributed by atoms with E-state index in [0.29, 0.717) is 24.1 Å². The first-order valence-corrected chi connectivity index (χ1v) is 9.47. The van der Waals surface area contributed by atoms with E-state index in [-0.39, 0.29) is 24.5 Å². The van der Waals surface area contributed by atoms with E-state index in [1.54, 1.807) is 23.2 Å². The highest BCUT2D eigenvalue weighted by Crippen LogP contribution is 2.70. The molecule has 1 unspecified atom stereocenters. The lowest BCUT2D eigenvalue weighted by molar-refractivity contribution is -0.0593. The van der Waals surface area contributed by atoms with Crippen LogP contribution in [0.1, 0.15) is 31.2 Å². The van der Waals surface area contributed by atoms with E-state index in [0.717, 1.165) is 23.7 Å². The molecule has 4 fully saturated rings. The van der Waals surface area contributed by atoms with Gasteiger partial charge >= 0.3 is 6.03 Å². The number of pyridine rings is 1. The molecule has 0 radical (unpaired) electrons. The van der Waals surface area contributed by atoms with Crippen LogP contribution in [0.5, 0.6) is 0 Å². The van der Waals surface area contributed by atoms with Gasteiger partial charge in [0.2, 0.25) is 0 Å². The van der Waals surface area contributed by atoms with Gasteiger partial charge in [0.1, 0.15) is 5.82 Å². The number of benzene rings is 1. The molecule has 1 aromatic heterocycles. The number of rotatable bonds is 2. The van der Waals surface area contributed by atoms with Crippen molar-refractivity contribution in [2.24, 2.45) is 5.41 Å². The van der Waals surface area contributed by atoms with Crippen LogP contribution >= 0.6 is 0 Å². The topological polar surface area (TPSA) is 45.2 Å². The summed E-state index contributed by atoms with van der Waals surface area (Å²) in [5, 5.41) is 2.88. The Balaban J connectivity index is 1.32. The smallest absolute Gasteiger partial charge is 0.318 e. The first-order chi connectivity index (χ1) is 13.3. The molecule has 2 bridgehead atoms. The predicted molar refractivity (Wildman–Crippen MR) is 98.6 cm³/mol. The zero-order valence-electron chi connectivity index (χ0n) is 15.4. The van der Waals surface area contributed by atoms with E-state index >= 15 is 0 Å². The first-order valence-electron chi connectivity index (χ1n) is 9.47. The summed E-state index contributed by atoms with van der Waals surface area (Å²) in [6.45, 7) is 1.90. The minimum atomic E-state index is -2.56. The van der Waals surface area contributed by atoms with Crippen LogP contribution in [0.2, 0.25) is 0 Å². The number of carbonyl (C=O) groups excluding carboxylic acids is 1. The number of aromatic nitrogens is 1. The minimum Gasteiger partial charge on any atom is -0.318 e. The summed E-state index contributed by atoms with van der Waals surface area (Å²) in [6.07, 6.45) is 4.26. The van der Waals surface area contributed by atoms with Crippen LogP contribution in [-0.2, 0) is 0 Å². The van der Waals surface area contributed by atoms with Crippen LogP contribution in [0.15, 0.2) is 36.7 Å². The highest BCUT2D eigenvalue weighted by Gasteiger charge is 2.75. The van der Waals surface area contributed by atoms with Gasteiger partial charge in [0.25, 0.3) is 5.92 Å². The maximum atomic E-state index is 13.7. The predicted octanol–water partition coefficient (Wildman–Crippen LogP) is 4.99. The standard InChI is InChI=1S/C21H20F3N3O/c1-12-2-3-15(5-18(12)13-4-14(22)10-25-9-13)26-19(28)27-16-6-17(27)8-20(7-16)11-21(20,23)24/h2-5,9-10,16-17H,6-8,11H2,1H3,(H,26,28)/t16-,17+,20?. The molecule has 1 spiro atoms. The largest absolute Gasteiger partial charge is 0.322 e. The molecule has 2 amide bonds. The maximum Gasteiger partial charge on any atom is 0.322 e. The number of amides is 2. The van der Waals surface area contributed by atoms with Gasteiger partial charge in [-0.25, -0.2) is 18.0 Å². The lowest BCUT2D eigenvalue weighted by Gasteiger charge is -2.55. The third-order valence-corrected chi connectivity index (χ3v) is 6.53. The summed E-state index contributed by atoms with van der Waals surface area (Å²) < 4.78 is 40.8. The fourth-order valence-corrected chi connectivity index (χ4v) is 4.96. The van der Waals surface area contributed by atoms with Gasteiger partial charge in [-0.05, 0) is 55.5 Å². The van der Waals surface area contributed by atoms with E-state index < -0.39 is 17.2 Å². The molecule has 1 aromatic carbocycles. The normalized spacial score (nSPS) is 29.4. The van der Waals surface area contributed by atoms with Crippen LogP contribution in [-0.4, -0.2) is 33.9 Å². The highest BCUT2D eigenvalue weighted by molar-refractivity contribution is 5.91. The Labute approximate surface area is 160 Å².